The van der Waals surface area contributed by atoms with Crippen LogP contribution in [-0.4, -0.2) is 36.0 Å². The molecule has 0 saturated heterocycles. The van der Waals surface area contributed by atoms with Crippen LogP contribution in [0.5, 0.6) is 5.75 Å². The van der Waals surface area contributed by atoms with E-state index in [0.717, 1.165) is 25.7 Å². The molecule has 0 aromatic heterocycles. The summed E-state index contributed by atoms with van der Waals surface area (Å²) < 4.78 is 22.6. The largest absolute Gasteiger partial charge is 0.508 e. The van der Waals surface area contributed by atoms with Gasteiger partial charge in [0.05, 0.1) is 18.3 Å². The highest BCUT2D eigenvalue weighted by molar-refractivity contribution is 5.89. The number of rotatable bonds is 8. The van der Waals surface area contributed by atoms with Crippen molar-refractivity contribution >= 4 is 5.97 Å². The molecule has 1 N–H and O–H groups in total. The summed E-state index contributed by atoms with van der Waals surface area (Å²) in [6.07, 6.45) is 5.22. The van der Waals surface area contributed by atoms with Gasteiger partial charge >= 0.3 is 11.9 Å². The lowest BCUT2D eigenvalue weighted by molar-refractivity contribution is -0.390. The van der Waals surface area contributed by atoms with Crippen LogP contribution in [0.1, 0.15) is 63.2 Å². The van der Waals surface area contributed by atoms with Crippen molar-refractivity contribution in [1.82, 2.24) is 0 Å². The van der Waals surface area contributed by atoms with Crippen molar-refractivity contribution in [3.63, 3.8) is 0 Å². The van der Waals surface area contributed by atoms with Crippen molar-refractivity contribution in [2.45, 2.75) is 71.2 Å². The zero-order chi connectivity index (χ0) is 18.3. The lowest BCUT2D eigenvalue weighted by atomic mass is 9.98. The maximum absolute atomic E-state index is 12.3. The van der Waals surface area contributed by atoms with Gasteiger partial charge in [0.15, 0.2) is 6.29 Å². The predicted octanol–water partition coefficient (Wildman–Crippen LogP) is 3.97. The summed E-state index contributed by atoms with van der Waals surface area (Å²) in [5, 5.41) is 9.31. The Morgan fingerprint density at radius 1 is 1.24 bits per heavy atom. The van der Waals surface area contributed by atoms with Gasteiger partial charge in [-0.2, -0.15) is 0 Å². The fourth-order valence-electron chi connectivity index (χ4n) is 2.98. The summed E-state index contributed by atoms with van der Waals surface area (Å²) in [5.41, 5.74) is 0.299. The molecule has 1 aliphatic carbocycles. The van der Waals surface area contributed by atoms with Crippen molar-refractivity contribution in [1.29, 1.82) is 0 Å². The molecule has 2 atom stereocenters. The molecule has 25 heavy (non-hydrogen) atoms. The molecule has 0 bridgehead atoms. The van der Waals surface area contributed by atoms with Crippen LogP contribution in [0.2, 0.25) is 0 Å². The van der Waals surface area contributed by atoms with Crippen molar-refractivity contribution in [3.8, 4) is 5.75 Å². The average Bonchev–Trinajstić information content (AvgIpc) is 2.56. The number of phenolic OH excluding ortho intramolecular Hbond substituents is 1. The van der Waals surface area contributed by atoms with E-state index in [1.165, 1.54) is 30.7 Å². The van der Waals surface area contributed by atoms with Gasteiger partial charge in [-0.25, -0.2) is 4.79 Å². The fourth-order valence-corrected chi connectivity index (χ4v) is 2.98. The molecule has 0 aliphatic heterocycles. The van der Waals surface area contributed by atoms with E-state index in [0.29, 0.717) is 12.2 Å². The molecule has 140 valence electrons. The van der Waals surface area contributed by atoms with Crippen LogP contribution in [-0.2, 0) is 18.9 Å². The normalized spacial score (nSPS) is 19.2. The minimum absolute atomic E-state index is 0.0786. The highest BCUT2D eigenvalue weighted by atomic mass is 16.9. The second-order valence-electron chi connectivity index (χ2n) is 6.31. The Kier molecular flexibility index (Phi) is 7.23. The van der Waals surface area contributed by atoms with Crippen LogP contribution < -0.4 is 0 Å². The first kappa shape index (κ1) is 19.7. The molecule has 1 aromatic carbocycles. The minimum atomic E-state index is -1.54. The second kappa shape index (κ2) is 9.17. The SMILES string of the molecule is CCOC(C)(OC(=O)c1ccc(O)cc1)OC(C)OC1CCCCC1. The van der Waals surface area contributed by atoms with E-state index in [2.05, 4.69) is 0 Å². The van der Waals surface area contributed by atoms with Crippen LogP contribution >= 0.6 is 0 Å². The topological polar surface area (TPSA) is 74.2 Å². The van der Waals surface area contributed by atoms with Crippen molar-refractivity contribution in [3.05, 3.63) is 29.8 Å². The van der Waals surface area contributed by atoms with E-state index in [-0.39, 0.29) is 11.9 Å². The highest BCUT2D eigenvalue weighted by Crippen LogP contribution is 2.25. The van der Waals surface area contributed by atoms with Gasteiger partial charge in [0, 0.05) is 6.92 Å². The molecule has 0 heterocycles. The van der Waals surface area contributed by atoms with Crippen molar-refractivity contribution in [2.24, 2.45) is 0 Å². The molecule has 0 radical (unpaired) electrons. The smallest absolute Gasteiger partial charge is 0.342 e. The summed E-state index contributed by atoms with van der Waals surface area (Å²) in [6.45, 7) is 5.44. The number of carbonyl (C=O) groups is 1. The molecule has 6 nitrogen and oxygen atoms in total. The third-order valence-electron chi connectivity index (χ3n) is 4.10. The van der Waals surface area contributed by atoms with E-state index >= 15 is 0 Å². The van der Waals surface area contributed by atoms with Gasteiger partial charge < -0.3 is 19.3 Å². The molecule has 1 aliphatic rings. The quantitative estimate of drug-likeness (QED) is 0.564. The van der Waals surface area contributed by atoms with Gasteiger partial charge in [0.1, 0.15) is 5.75 Å². The number of carbonyl (C=O) groups excluding carboxylic acids is 1. The Balaban J connectivity index is 1.95. The summed E-state index contributed by atoms with van der Waals surface area (Å²) in [5.74, 6) is -2.06. The zero-order valence-corrected chi connectivity index (χ0v) is 15.2. The summed E-state index contributed by atoms with van der Waals surface area (Å²) in [6, 6.07) is 5.80. The standard InChI is InChI=1S/C19H28O6/c1-4-22-19(3,24-14(2)23-17-8-6-5-7-9-17)25-18(21)15-10-12-16(20)13-11-15/h10-14,17,20H,4-9H2,1-3H3. The van der Waals surface area contributed by atoms with Crippen LogP contribution in [0.4, 0.5) is 0 Å². The molecule has 0 spiro atoms. The minimum Gasteiger partial charge on any atom is -0.508 e. The van der Waals surface area contributed by atoms with Crippen LogP contribution in [0.25, 0.3) is 0 Å². The maximum atomic E-state index is 12.3. The Morgan fingerprint density at radius 2 is 1.88 bits per heavy atom. The molecule has 2 rings (SSSR count). The average molecular weight is 352 g/mol. The number of benzene rings is 1. The predicted molar refractivity (Wildman–Crippen MR) is 92.1 cm³/mol. The zero-order valence-electron chi connectivity index (χ0n) is 15.2. The number of ether oxygens (including phenoxy) is 4. The lowest BCUT2D eigenvalue weighted by Gasteiger charge is -2.33. The van der Waals surface area contributed by atoms with Crippen LogP contribution in [0.3, 0.4) is 0 Å². The number of phenols is 1. The lowest BCUT2D eigenvalue weighted by Crippen LogP contribution is -2.42. The molecule has 1 fully saturated rings. The Morgan fingerprint density at radius 3 is 2.48 bits per heavy atom. The van der Waals surface area contributed by atoms with Crippen LogP contribution in [0.15, 0.2) is 24.3 Å². The van der Waals surface area contributed by atoms with Gasteiger partial charge in [0.2, 0.25) is 0 Å². The molecule has 1 saturated carbocycles. The monoisotopic (exact) mass is 352 g/mol. The Labute approximate surface area is 149 Å². The Bertz CT molecular complexity index is 537. The maximum Gasteiger partial charge on any atom is 0.342 e. The van der Waals surface area contributed by atoms with Gasteiger partial charge in [-0.05, 0) is 51.0 Å². The van der Waals surface area contributed by atoms with Crippen molar-refractivity contribution in [2.75, 3.05) is 6.61 Å². The van der Waals surface area contributed by atoms with E-state index in [9.17, 15) is 9.90 Å². The third kappa shape index (κ3) is 6.30. The van der Waals surface area contributed by atoms with Crippen molar-refractivity contribution < 1.29 is 28.8 Å². The second-order valence-corrected chi connectivity index (χ2v) is 6.31. The number of hydrogen-bond acceptors (Lipinski definition) is 6. The van der Waals surface area contributed by atoms with E-state index in [1.807, 2.05) is 0 Å². The number of esters is 1. The summed E-state index contributed by atoms with van der Waals surface area (Å²) in [4.78, 5) is 12.3. The van der Waals surface area contributed by atoms with Crippen LogP contribution in [0, 0.1) is 0 Å². The first-order chi connectivity index (χ1) is 11.9. The molecule has 2 unspecified atom stereocenters. The third-order valence-corrected chi connectivity index (χ3v) is 4.10. The number of hydrogen-bond donors (Lipinski definition) is 1. The van der Waals surface area contributed by atoms with E-state index in [1.54, 1.807) is 20.8 Å². The number of aromatic hydroxyl groups is 1. The van der Waals surface area contributed by atoms with Gasteiger partial charge in [0.25, 0.3) is 0 Å². The molecular formula is C19H28O6. The van der Waals surface area contributed by atoms with Gasteiger partial charge in [-0.1, -0.05) is 19.3 Å². The molecule has 1 aromatic rings. The van der Waals surface area contributed by atoms with E-state index < -0.39 is 18.2 Å². The molecule has 0 amide bonds. The van der Waals surface area contributed by atoms with E-state index in [4.69, 9.17) is 18.9 Å². The first-order valence-corrected chi connectivity index (χ1v) is 8.91. The highest BCUT2D eigenvalue weighted by Gasteiger charge is 2.34. The van der Waals surface area contributed by atoms with Gasteiger partial charge in [-0.3, -0.25) is 4.74 Å². The molecular weight excluding hydrogens is 324 g/mol. The Hall–Kier alpha value is -1.63. The first-order valence-electron chi connectivity index (χ1n) is 8.91. The van der Waals surface area contributed by atoms with Gasteiger partial charge in [-0.15, -0.1) is 0 Å². The summed E-state index contributed by atoms with van der Waals surface area (Å²) in [7, 11) is 0. The summed E-state index contributed by atoms with van der Waals surface area (Å²) >= 11 is 0. The fraction of sp³-hybridized carbons (Fsp3) is 0.632. The molecule has 6 heteroatoms.